The normalized spacial score (nSPS) is 13.6. The molecule has 9 heteroatoms. The summed E-state index contributed by atoms with van der Waals surface area (Å²) in [7, 11) is -4.28. The van der Waals surface area contributed by atoms with E-state index in [-0.39, 0.29) is 32.3 Å². The van der Waals surface area contributed by atoms with E-state index in [0.29, 0.717) is 13.0 Å². The number of rotatable bonds is 49. The summed E-state index contributed by atoms with van der Waals surface area (Å²) in [6, 6.07) is 0. The van der Waals surface area contributed by atoms with Crippen molar-refractivity contribution in [1.82, 2.24) is 0 Å². The standard InChI is InChI=1S/C51H98NO7P/c1-3-5-7-9-11-13-15-17-19-21-22-23-24-25-26-27-29-31-33-35-37-39-41-43-46-56-48-50(49-58-60(54,55)57-47-45-52)59-51(53)44-42-40-38-36-34-32-30-28-20-18-16-14-12-10-8-6-4-2/h15,17-18,20-22,50H,3-14,16,19,23-49,52H2,1-2H3,(H,54,55)/b17-15-,20-18-,22-21-. The summed E-state index contributed by atoms with van der Waals surface area (Å²) in [6.07, 6.45) is 57.5. The van der Waals surface area contributed by atoms with Crippen molar-refractivity contribution in [2.24, 2.45) is 5.73 Å². The van der Waals surface area contributed by atoms with E-state index >= 15 is 0 Å². The predicted molar refractivity (Wildman–Crippen MR) is 256 cm³/mol. The maximum absolute atomic E-state index is 12.6. The number of phosphoric acid groups is 1. The fraction of sp³-hybridized carbons (Fsp3) is 0.863. The molecule has 0 aromatic heterocycles. The molecule has 0 aromatic carbocycles. The lowest BCUT2D eigenvalue weighted by Gasteiger charge is -2.20. The lowest BCUT2D eigenvalue weighted by atomic mass is 10.0. The average Bonchev–Trinajstić information content (AvgIpc) is 3.24. The van der Waals surface area contributed by atoms with Gasteiger partial charge in [0.2, 0.25) is 0 Å². The van der Waals surface area contributed by atoms with Crippen LogP contribution in [0.3, 0.4) is 0 Å². The molecule has 2 atom stereocenters. The zero-order valence-electron chi connectivity index (χ0n) is 39.5. The number of hydrogen-bond donors (Lipinski definition) is 2. The number of allylic oxidation sites excluding steroid dienone is 6. The van der Waals surface area contributed by atoms with Gasteiger partial charge in [-0.1, -0.05) is 204 Å². The number of carbonyl (C=O) groups is 1. The number of ether oxygens (including phenoxy) is 2. The average molecular weight is 868 g/mol. The van der Waals surface area contributed by atoms with E-state index in [1.54, 1.807) is 0 Å². The van der Waals surface area contributed by atoms with Crippen LogP contribution in [0.2, 0.25) is 0 Å². The van der Waals surface area contributed by atoms with Crippen molar-refractivity contribution in [3.05, 3.63) is 36.5 Å². The Balaban J connectivity index is 3.92. The van der Waals surface area contributed by atoms with Crippen LogP contribution in [0.25, 0.3) is 0 Å². The summed E-state index contributed by atoms with van der Waals surface area (Å²) in [5.74, 6) is -0.333. The maximum atomic E-state index is 12.6. The second-order valence-corrected chi connectivity index (χ2v) is 18.5. The van der Waals surface area contributed by atoms with Gasteiger partial charge in [-0.15, -0.1) is 0 Å². The summed E-state index contributed by atoms with van der Waals surface area (Å²) in [5, 5.41) is 0. The summed E-state index contributed by atoms with van der Waals surface area (Å²) in [6.45, 7) is 4.94. The largest absolute Gasteiger partial charge is 0.472 e. The van der Waals surface area contributed by atoms with E-state index in [9.17, 15) is 14.3 Å². The zero-order chi connectivity index (χ0) is 43.7. The number of hydrogen-bond acceptors (Lipinski definition) is 7. The van der Waals surface area contributed by atoms with Crippen LogP contribution in [-0.2, 0) is 27.9 Å². The van der Waals surface area contributed by atoms with Gasteiger partial charge in [0.05, 0.1) is 19.8 Å². The molecule has 0 heterocycles. The number of esters is 1. The zero-order valence-corrected chi connectivity index (χ0v) is 40.3. The van der Waals surface area contributed by atoms with Crippen LogP contribution in [-0.4, -0.2) is 49.9 Å². The Bertz CT molecular complexity index is 1020. The van der Waals surface area contributed by atoms with Crippen LogP contribution in [0.4, 0.5) is 0 Å². The highest BCUT2D eigenvalue weighted by atomic mass is 31.2. The number of unbranched alkanes of at least 4 members (excludes halogenated alkanes) is 30. The van der Waals surface area contributed by atoms with Crippen molar-refractivity contribution in [2.75, 3.05) is 33.0 Å². The Kier molecular flexibility index (Phi) is 47.7. The first-order chi connectivity index (χ1) is 29.4. The first kappa shape index (κ1) is 58.7. The smallest absolute Gasteiger partial charge is 0.457 e. The third-order valence-electron chi connectivity index (χ3n) is 11.0. The number of phosphoric ester groups is 1. The molecule has 354 valence electrons. The minimum atomic E-state index is -4.28. The van der Waals surface area contributed by atoms with Gasteiger partial charge in [0.25, 0.3) is 0 Å². The summed E-state index contributed by atoms with van der Waals surface area (Å²) < 4.78 is 33.6. The van der Waals surface area contributed by atoms with Gasteiger partial charge < -0.3 is 20.1 Å². The molecule has 0 fully saturated rings. The number of carbonyl (C=O) groups excluding carboxylic acids is 1. The predicted octanol–water partition coefficient (Wildman–Crippen LogP) is 15.8. The highest BCUT2D eigenvalue weighted by Crippen LogP contribution is 2.43. The quantitative estimate of drug-likeness (QED) is 0.0269. The molecule has 0 rings (SSSR count). The van der Waals surface area contributed by atoms with Gasteiger partial charge in [-0.3, -0.25) is 13.8 Å². The molecular weight excluding hydrogens is 770 g/mol. The molecule has 0 amide bonds. The Labute approximate surface area is 371 Å². The van der Waals surface area contributed by atoms with Crippen molar-refractivity contribution in [3.63, 3.8) is 0 Å². The van der Waals surface area contributed by atoms with Crippen LogP contribution >= 0.6 is 7.82 Å². The van der Waals surface area contributed by atoms with Gasteiger partial charge in [-0.05, 0) is 70.6 Å². The van der Waals surface area contributed by atoms with E-state index in [4.69, 9.17) is 24.3 Å². The Hall–Kier alpha value is -1.28. The Morgan fingerprint density at radius 1 is 0.500 bits per heavy atom. The summed E-state index contributed by atoms with van der Waals surface area (Å²) in [5.41, 5.74) is 5.39. The first-order valence-corrected chi connectivity index (χ1v) is 27.0. The number of nitrogens with two attached hydrogens (primary N) is 1. The first-order valence-electron chi connectivity index (χ1n) is 25.5. The Morgan fingerprint density at radius 2 is 0.883 bits per heavy atom. The summed E-state index contributed by atoms with van der Waals surface area (Å²) in [4.78, 5) is 22.6. The van der Waals surface area contributed by atoms with Crippen molar-refractivity contribution in [1.29, 1.82) is 0 Å². The SMILES string of the molecule is CCCCCCC/C=C\C/C=C\CCCCCCCCCCCCCCOCC(COP(=O)(O)OCCN)OC(=O)CCCCCCCCC/C=C\CCCCCCCC. The van der Waals surface area contributed by atoms with E-state index in [1.807, 2.05) is 0 Å². The van der Waals surface area contributed by atoms with E-state index in [2.05, 4.69) is 50.3 Å². The van der Waals surface area contributed by atoms with Gasteiger partial charge in [0.15, 0.2) is 0 Å². The van der Waals surface area contributed by atoms with Gasteiger partial charge >= 0.3 is 13.8 Å². The van der Waals surface area contributed by atoms with Gasteiger partial charge in [-0.25, -0.2) is 4.57 Å². The van der Waals surface area contributed by atoms with Gasteiger partial charge in [0.1, 0.15) is 6.10 Å². The molecule has 0 aliphatic carbocycles. The third kappa shape index (κ3) is 47.8. The molecule has 0 spiro atoms. The molecule has 0 bridgehead atoms. The van der Waals surface area contributed by atoms with Crippen LogP contribution in [0.1, 0.15) is 245 Å². The van der Waals surface area contributed by atoms with Crippen LogP contribution in [0.5, 0.6) is 0 Å². The molecule has 0 aliphatic heterocycles. The lowest BCUT2D eigenvalue weighted by molar-refractivity contribution is -0.154. The molecule has 8 nitrogen and oxygen atoms in total. The summed E-state index contributed by atoms with van der Waals surface area (Å²) >= 11 is 0. The second kappa shape index (κ2) is 48.7. The molecule has 0 saturated carbocycles. The third-order valence-corrected chi connectivity index (χ3v) is 12.0. The topological polar surface area (TPSA) is 117 Å². The second-order valence-electron chi connectivity index (χ2n) is 17.0. The van der Waals surface area contributed by atoms with Crippen LogP contribution < -0.4 is 5.73 Å². The van der Waals surface area contributed by atoms with Crippen LogP contribution in [0, 0.1) is 0 Å². The van der Waals surface area contributed by atoms with Crippen molar-refractivity contribution < 1.29 is 32.8 Å². The fourth-order valence-electron chi connectivity index (χ4n) is 7.26. The molecule has 0 radical (unpaired) electrons. The Morgan fingerprint density at radius 3 is 1.32 bits per heavy atom. The molecule has 60 heavy (non-hydrogen) atoms. The van der Waals surface area contributed by atoms with Crippen LogP contribution in [0.15, 0.2) is 36.5 Å². The molecule has 3 N–H and O–H groups in total. The van der Waals surface area contributed by atoms with E-state index in [1.165, 1.54) is 186 Å². The van der Waals surface area contributed by atoms with E-state index in [0.717, 1.165) is 38.5 Å². The van der Waals surface area contributed by atoms with Crippen molar-refractivity contribution in [3.8, 4) is 0 Å². The van der Waals surface area contributed by atoms with Gasteiger partial charge in [-0.2, -0.15) is 0 Å². The molecular formula is C51H98NO7P. The van der Waals surface area contributed by atoms with Gasteiger partial charge in [0, 0.05) is 19.6 Å². The van der Waals surface area contributed by atoms with E-state index < -0.39 is 13.9 Å². The maximum Gasteiger partial charge on any atom is 0.472 e. The lowest BCUT2D eigenvalue weighted by Crippen LogP contribution is -2.28. The highest BCUT2D eigenvalue weighted by Gasteiger charge is 2.25. The minimum Gasteiger partial charge on any atom is -0.457 e. The molecule has 0 aromatic rings. The monoisotopic (exact) mass is 868 g/mol. The fourth-order valence-corrected chi connectivity index (χ4v) is 8.02. The van der Waals surface area contributed by atoms with Crippen molar-refractivity contribution in [2.45, 2.75) is 251 Å². The molecule has 0 saturated heterocycles. The van der Waals surface area contributed by atoms with Crippen molar-refractivity contribution >= 4 is 13.8 Å². The molecule has 2 unspecified atom stereocenters. The minimum absolute atomic E-state index is 0.0958. The highest BCUT2D eigenvalue weighted by molar-refractivity contribution is 7.47. The molecule has 0 aliphatic rings.